The Morgan fingerprint density at radius 2 is 1.80 bits per heavy atom. The fourth-order valence-electron chi connectivity index (χ4n) is 3.60. The number of hydrogen-bond acceptors (Lipinski definition) is 6. The molecule has 1 saturated heterocycles. The molecule has 0 saturated carbocycles. The molecule has 1 unspecified atom stereocenters. The number of aromatic nitrogens is 2. The maximum atomic E-state index is 12.5. The minimum absolute atomic E-state index is 0.0637. The lowest BCUT2D eigenvalue weighted by atomic mass is 10.1. The largest absolute Gasteiger partial charge is 0.497 e. The van der Waals surface area contributed by atoms with Gasteiger partial charge in [0.25, 0.3) is 0 Å². The van der Waals surface area contributed by atoms with Crippen molar-refractivity contribution in [2.24, 2.45) is 0 Å². The lowest BCUT2D eigenvalue weighted by molar-refractivity contribution is -0.117. The molecule has 0 aliphatic carbocycles. The average Bonchev–Trinajstić information content (AvgIpc) is 3.40. The monoisotopic (exact) mass is 407 g/mol. The lowest BCUT2D eigenvalue weighted by Gasteiger charge is -2.16. The topological polar surface area (TPSA) is 77.7 Å². The molecule has 7 nitrogen and oxygen atoms in total. The van der Waals surface area contributed by atoms with Crippen molar-refractivity contribution in [3.8, 4) is 11.5 Å². The molecule has 3 aromatic rings. The molecule has 2 aromatic carbocycles. The normalized spacial score (nSPS) is 16.1. The summed E-state index contributed by atoms with van der Waals surface area (Å²) in [5.41, 5.74) is 2.03. The number of hydrogen-bond donors (Lipinski definition) is 0. The van der Waals surface area contributed by atoms with Crippen LogP contribution < -0.4 is 14.4 Å². The third-order valence-corrected chi connectivity index (χ3v) is 5.22. The fourth-order valence-corrected chi connectivity index (χ4v) is 3.60. The minimum Gasteiger partial charge on any atom is -0.497 e. The predicted molar refractivity (Wildman–Crippen MR) is 112 cm³/mol. The Kier molecular flexibility index (Phi) is 5.97. The van der Waals surface area contributed by atoms with Crippen molar-refractivity contribution in [3.05, 3.63) is 65.8 Å². The van der Waals surface area contributed by atoms with Crippen molar-refractivity contribution < 1.29 is 18.8 Å². The Labute approximate surface area is 175 Å². The maximum Gasteiger partial charge on any atom is 0.227 e. The summed E-state index contributed by atoms with van der Waals surface area (Å²) < 4.78 is 16.1. The number of anilines is 1. The van der Waals surface area contributed by atoms with Crippen LogP contribution in [0, 0.1) is 0 Å². The number of carbonyl (C=O) groups excluding carboxylic acids is 1. The van der Waals surface area contributed by atoms with Crippen molar-refractivity contribution >= 4 is 11.6 Å². The van der Waals surface area contributed by atoms with E-state index in [4.69, 9.17) is 14.0 Å². The van der Waals surface area contributed by atoms with Crippen LogP contribution in [-0.4, -0.2) is 36.3 Å². The standard InChI is InChI=1S/C23H25N3O4/c1-3-29-20-11-7-18(8-12-20)26-15-17(14-22(26)27)23-24-21(30-25-23)13-6-16-4-9-19(28-2)10-5-16/h4-5,7-12,17H,3,6,13-15H2,1-2H3. The van der Waals surface area contributed by atoms with Gasteiger partial charge in [-0.3, -0.25) is 4.79 Å². The van der Waals surface area contributed by atoms with Crippen molar-refractivity contribution in [2.45, 2.75) is 32.1 Å². The highest BCUT2D eigenvalue weighted by Crippen LogP contribution is 2.31. The first-order valence-corrected chi connectivity index (χ1v) is 10.1. The zero-order chi connectivity index (χ0) is 20.9. The van der Waals surface area contributed by atoms with Crippen LogP contribution >= 0.6 is 0 Å². The quantitative estimate of drug-likeness (QED) is 0.565. The molecule has 1 aromatic heterocycles. The van der Waals surface area contributed by atoms with Gasteiger partial charge < -0.3 is 18.9 Å². The Morgan fingerprint density at radius 1 is 1.07 bits per heavy atom. The Bertz CT molecular complexity index is 982. The summed E-state index contributed by atoms with van der Waals surface area (Å²) in [5.74, 6) is 2.82. The van der Waals surface area contributed by atoms with Gasteiger partial charge in [-0.05, 0) is 55.3 Å². The summed E-state index contributed by atoms with van der Waals surface area (Å²) in [4.78, 5) is 18.8. The SMILES string of the molecule is CCOc1ccc(N2CC(c3noc(CCc4ccc(OC)cc4)n3)CC2=O)cc1. The van der Waals surface area contributed by atoms with Gasteiger partial charge in [-0.1, -0.05) is 17.3 Å². The van der Waals surface area contributed by atoms with E-state index in [0.29, 0.717) is 37.7 Å². The highest BCUT2D eigenvalue weighted by molar-refractivity contribution is 5.96. The van der Waals surface area contributed by atoms with Crippen LogP contribution in [0.4, 0.5) is 5.69 Å². The first kappa shape index (κ1) is 19.9. The van der Waals surface area contributed by atoms with Crippen LogP contribution in [0.2, 0.25) is 0 Å². The van der Waals surface area contributed by atoms with Gasteiger partial charge in [-0.25, -0.2) is 0 Å². The van der Waals surface area contributed by atoms with Gasteiger partial charge in [0.2, 0.25) is 11.8 Å². The second-order valence-electron chi connectivity index (χ2n) is 7.23. The molecular formula is C23H25N3O4. The summed E-state index contributed by atoms with van der Waals surface area (Å²) >= 11 is 0. The number of aryl methyl sites for hydroxylation is 2. The van der Waals surface area contributed by atoms with Crippen LogP contribution in [0.3, 0.4) is 0 Å². The molecule has 2 heterocycles. The van der Waals surface area contributed by atoms with Crippen LogP contribution in [0.25, 0.3) is 0 Å². The van der Waals surface area contributed by atoms with E-state index in [1.165, 1.54) is 5.56 Å². The smallest absolute Gasteiger partial charge is 0.227 e. The van der Waals surface area contributed by atoms with Gasteiger partial charge in [0, 0.05) is 31.0 Å². The first-order valence-electron chi connectivity index (χ1n) is 10.1. The van der Waals surface area contributed by atoms with Crippen molar-refractivity contribution in [1.82, 2.24) is 10.1 Å². The molecule has 156 valence electrons. The molecule has 0 radical (unpaired) electrons. The molecule has 0 bridgehead atoms. The molecule has 1 aliphatic rings. The zero-order valence-corrected chi connectivity index (χ0v) is 17.2. The van der Waals surface area contributed by atoms with E-state index in [9.17, 15) is 4.79 Å². The van der Waals surface area contributed by atoms with Gasteiger partial charge in [0.15, 0.2) is 5.82 Å². The minimum atomic E-state index is -0.0671. The molecule has 0 N–H and O–H groups in total. The van der Waals surface area contributed by atoms with E-state index in [0.717, 1.165) is 23.6 Å². The second kappa shape index (κ2) is 8.98. The van der Waals surface area contributed by atoms with Crippen molar-refractivity contribution in [2.75, 3.05) is 25.2 Å². The second-order valence-corrected chi connectivity index (χ2v) is 7.23. The molecule has 30 heavy (non-hydrogen) atoms. The van der Waals surface area contributed by atoms with E-state index in [1.54, 1.807) is 12.0 Å². The number of carbonyl (C=O) groups is 1. The summed E-state index contributed by atoms with van der Waals surface area (Å²) in [7, 11) is 1.65. The van der Waals surface area contributed by atoms with E-state index in [1.807, 2.05) is 55.5 Å². The van der Waals surface area contributed by atoms with Crippen LogP contribution in [0.1, 0.15) is 36.5 Å². The predicted octanol–water partition coefficient (Wildman–Crippen LogP) is 3.78. The highest BCUT2D eigenvalue weighted by atomic mass is 16.5. The Morgan fingerprint density at radius 3 is 2.50 bits per heavy atom. The number of rotatable bonds is 8. The molecule has 4 rings (SSSR count). The zero-order valence-electron chi connectivity index (χ0n) is 17.2. The highest BCUT2D eigenvalue weighted by Gasteiger charge is 2.34. The summed E-state index contributed by atoms with van der Waals surface area (Å²) in [5, 5.41) is 4.13. The van der Waals surface area contributed by atoms with Gasteiger partial charge in [0.1, 0.15) is 11.5 Å². The van der Waals surface area contributed by atoms with Gasteiger partial charge in [-0.2, -0.15) is 4.98 Å². The van der Waals surface area contributed by atoms with Crippen molar-refractivity contribution in [1.29, 1.82) is 0 Å². The molecule has 0 spiro atoms. The van der Waals surface area contributed by atoms with Gasteiger partial charge in [-0.15, -0.1) is 0 Å². The number of benzene rings is 2. The third kappa shape index (κ3) is 4.45. The number of methoxy groups -OCH3 is 1. The van der Waals surface area contributed by atoms with Gasteiger partial charge in [0.05, 0.1) is 13.7 Å². The Balaban J connectivity index is 1.36. The fraction of sp³-hybridized carbons (Fsp3) is 0.348. The van der Waals surface area contributed by atoms with Crippen LogP contribution in [0.15, 0.2) is 53.1 Å². The third-order valence-electron chi connectivity index (χ3n) is 5.22. The van der Waals surface area contributed by atoms with E-state index >= 15 is 0 Å². The van der Waals surface area contributed by atoms with Gasteiger partial charge >= 0.3 is 0 Å². The maximum absolute atomic E-state index is 12.5. The summed E-state index contributed by atoms with van der Waals surface area (Å²) in [6, 6.07) is 15.5. The number of amides is 1. The first-order chi connectivity index (χ1) is 14.7. The summed E-state index contributed by atoms with van der Waals surface area (Å²) in [6.45, 7) is 3.10. The van der Waals surface area contributed by atoms with Crippen LogP contribution in [-0.2, 0) is 17.6 Å². The molecule has 1 atom stereocenters. The summed E-state index contributed by atoms with van der Waals surface area (Å²) in [6.07, 6.45) is 1.83. The molecule has 1 aliphatic heterocycles. The molecular weight excluding hydrogens is 382 g/mol. The molecule has 1 fully saturated rings. The van der Waals surface area contributed by atoms with Crippen molar-refractivity contribution in [3.63, 3.8) is 0 Å². The van der Waals surface area contributed by atoms with E-state index in [2.05, 4.69) is 10.1 Å². The molecule has 7 heteroatoms. The number of ether oxygens (including phenoxy) is 2. The molecule has 1 amide bonds. The van der Waals surface area contributed by atoms with E-state index in [-0.39, 0.29) is 11.8 Å². The Hall–Kier alpha value is -3.35. The van der Waals surface area contributed by atoms with Crippen LogP contribution in [0.5, 0.6) is 11.5 Å². The average molecular weight is 407 g/mol. The number of nitrogens with zero attached hydrogens (tertiary/aromatic N) is 3. The lowest BCUT2D eigenvalue weighted by Crippen LogP contribution is -2.24. The van der Waals surface area contributed by atoms with E-state index < -0.39 is 0 Å².